The molecule has 0 radical (unpaired) electrons. The highest BCUT2D eigenvalue weighted by atomic mass is 32.2. The molecule has 0 bridgehead atoms. The van der Waals surface area contributed by atoms with Crippen molar-refractivity contribution in [2.75, 3.05) is 17.9 Å². The lowest BCUT2D eigenvalue weighted by Crippen LogP contribution is -2.33. The molecule has 0 saturated heterocycles. The average molecular weight is 509 g/mol. The lowest BCUT2D eigenvalue weighted by atomic mass is 10.1. The van der Waals surface area contributed by atoms with Crippen molar-refractivity contribution < 1.29 is 32.5 Å². The molecular formula is C24H19N3O8S. The van der Waals surface area contributed by atoms with E-state index in [4.69, 9.17) is 4.74 Å². The normalized spacial score (nSPS) is 12.9. The number of nitro benzene ring substituents is 1. The van der Waals surface area contributed by atoms with Crippen LogP contribution in [0.3, 0.4) is 0 Å². The van der Waals surface area contributed by atoms with E-state index in [0.29, 0.717) is 5.56 Å². The second-order valence-corrected chi connectivity index (χ2v) is 9.48. The summed E-state index contributed by atoms with van der Waals surface area (Å²) in [5, 5.41) is 11.2. The van der Waals surface area contributed by atoms with Crippen molar-refractivity contribution in [2.45, 2.75) is 11.8 Å². The van der Waals surface area contributed by atoms with E-state index in [0.717, 1.165) is 11.0 Å². The second kappa shape index (κ2) is 9.58. The van der Waals surface area contributed by atoms with Crippen molar-refractivity contribution in [3.63, 3.8) is 0 Å². The van der Waals surface area contributed by atoms with E-state index in [-0.39, 0.29) is 46.1 Å². The topological polar surface area (TPSA) is 153 Å². The molecule has 0 atom stereocenters. The number of para-hydroxylation sites is 1. The number of aryl methyl sites for hydroxylation is 1. The number of nitro groups is 1. The zero-order valence-corrected chi connectivity index (χ0v) is 19.7. The van der Waals surface area contributed by atoms with Gasteiger partial charge in [0.1, 0.15) is 6.61 Å². The van der Waals surface area contributed by atoms with Gasteiger partial charge < -0.3 is 4.74 Å². The Kier molecular flexibility index (Phi) is 6.53. The predicted molar refractivity (Wildman–Crippen MR) is 127 cm³/mol. The monoisotopic (exact) mass is 509 g/mol. The van der Waals surface area contributed by atoms with Gasteiger partial charge in [-0.3, -0.25) is 29.3 Å². The zero-order valence-electron chi connectivity index (χ0n) is 18.8. The maximum absolute atomic E-state index is 12.9. The number of carbonyl (C=O) groups is 3. The molecule has 0 spiro atoms. The molecular weight excluding hydrogens is 490 g/mol. The molecule has 1 N–H and O–H groups in total. The predicted octanol–water partition coefficient (Wildman–Crippen LogP) is 3.16. The Hall–Kier alpha value is -4.58. The van der Waals surface area contributed by atoms with Gasteiger partial charge >= 0.3 is 5.97 Å². The number of anilines is 1. The third kappa shape index (κ3) is 4.66. The Morgan fingerprint density at radius 3 is 2.25 bits per heavy atom. The van der Waals surface area contributed by atoms with Crippen molar-refractivity contribution in [3.05, 3.63) is 99.1 Å². The van der Waals surface area contributed by atoms with Gasteiger partial charge in [0, 0.05) is 11.6 Å². The summed E-state index contributed by atoms with van der Waals surface area (Å²) in [4.78, 5) is 48.7. The highest BCUT2D eigenvalue weighted by Gasteiger charge is 2.35. The van der Waals surface area contributed by atoms with E-state index in [1.54, 1.807) is 12.1 Å². The van der Waals surface area contributed by atoms with Crippen LogP contribution in [0.2, 0.25) is 0 Å². The number of hydrogen-bond acceptors (Lipinski definition) is 8. The van der Waals surface area contributed by atoms with Gasteiger partial charge in [-0.15, -0.1) is 0 Å². The van der Waals surface area contributed by atoms with E-state index in [1.165, 1.54) is 55.5 Å². The third-order valence-electron chi connectivity index (χ3n) is 5.51. The number of esters is 1. The fourth-order valence-corrected chi connectivity index (χ4v) is 4.76. The van der Waals surface area contributed by atoms with Gasteiger partial charge in [0.25, 0.3) is 27.5 Å². The molecule has 0 aliphatic carbocycles. The number of rotatable bonds is 8. The Morgan fingerprint density at radius 2 is 1.61 bits per heavy atom. The molecule has 3 aromatic rings. The first-order chi connectivity index (χ1) is 17.1. The van der Waals surface area contributed by atoms with Gasteiger partial charge in [-0.2, -0.15) is 0 Å². The van der Waals surface area contributed by atoms with Crippen LogP contribution in [0.5, 0.6) is 0 Å². The summed E-state index contributed by atoms with van der Waals surface area (Å²) in [6.07, 6.45) is 0. The maximum atomic E-state index is 12.9. The Bertz CT molecular complexity index is 1480. The number of carbonyl (C=O) groups excluding carboxylic acids is 3. The van der Waals surface area contributed by atoms with Crippen molar-refractivity contribution in [1.29, 1.82) is 0 Å². The van der Waals surface area contributed by atoms with E-state index in [2.05, 4.69) is 4.72 Å². The van der Waals surface area contributed by atoms with Crippen LogP contribution >= 0.6 is 0 Å². The maximum Gasteiger partial charge on any atom is 0.340 e. The molecule has 11 nitrogen and oxygen atoms in total. The second-order valence-electron chi connectivity index (χ2n) is 7.80. The molecule has 0 aromatic heterocycles. The van der Waals surface area contributed by atoms with E-state index < -0.39 is 32.7 Å². The minimum absolute atomic E-state index is 0.105. The summed E-state index contributed by atoms with van der Waals surface area (Å²) >= 11 is 0. The van der Waals surface area contributed by atoms with Crippen LogP contribution in [0, 0.1) is 17.0 Å². The first-order valence-electron chi connectivity index (χ1n) is 10.6. The number of fused-ring (bicyclic) bond motifs is 1. The fourth-order valence-electron chi connectivity index (χ4n) is 3.66. The minimum atomic E-state index is -4.28. The zero-order chi connectivity index (χ0) is 26.0. The minimum Gasteiger partial charge on any atom is -0.460 e. The molecule has 0 saturated carbocycles. The number of nitrogens with zero attached hydrogens (tertiary/aromatic N) is 2. The molecule has 1 aliphatic heterocycles. The number of ether oxygens (including phenoxy) is 1. The van der Waals surface area contributed by atoms with Crippen molar-refractivity contribution >= 4 is 39.2 Å². The number of imide groups is 1. The first kappa shape index (κ1) is 24.5. The van der Waals surface area contributed by atoms with Gasteiger partial charge in [-0.05, 0) is 37.3 Å². The van der Waals surface area contributed by atoms with E-state index in [9.17, 15) is 32.9 Å². The van der Waals surface area contributed by atoms with Crippen LogP contribution in [0.25, 0.3) is 0 Å². The Labute approximate surface area is 205 Å². The van der Waals surface area contributed by atoms with Crippen molar-refractivity contribution in [3.8, 4) is 0 Å². The number of sulfonamides is 1. The Balaban J connectivity index is 1.46. The lowest BCUT2D eigenvalue weighted by Gasteiger charge is -2.15. The van der Waals surface area contributed by atoms with Crippen LogP contribution in [-0.4, -0.2) is 49.2 Å². The fraction of sp³-hybridized carbons (Fsp3) is 0.125. The standard InChI is InChI=1S/C24H19N3O8S/c1-15-10-11-16(14-21(15)27(31)32)36(33,34)25-20-9-5-4-8-19(20)24(30)35-13-12-26-22(28)17-6-2-3-7-18(17)23(26)29/h2-11,14,25H,12-13H2,1H3. The van der Waals surface area contributed by atoms with Crippen molar-refractivity contribution in [1.82, 2.24) is 4.90 Å². The van der Waals surface area contributed by atoms with Gasteiger partial charge in [-0.1, -0.05) is 30.3 Å². The number of amides is 2. The molecule has 0 unspecified atom stereocenters. The third-order valence-corrected chi connectivity index (χ3v) is 6.87. The molecule has 1 heterocycles. The van der Waals surface area contributed by atoms with Crippen LogP contribution in [0.15, 0.2) is 71.6 Å². The molecule has 2 amide bonds. The largest absolute Gasteiger partial charge is 0.460 e. The van der Waals surface area contributed by atoms with Crippen LogP contribution in [0.1, 0.15) is 36.6 Å². The first-order valence-corrected chi connectivity index (χ1v) is 12.1. The Morgan fingerprint density at radius 1 is 1.00 bits per heavy atom. The lowest BCUT2D eigenvalue weighted by molar-refractivity contribution is -0.385. The summed E-state index contributed by atoms with van der Waals surface area (Å²) < 4.78 is 33.2. The van der Waals surface area contributed by atoms with Gasteiger partial charge in [0.15, 0.2) is 0 Å². The van der Waals surface area contributed by atoms with Crippen LogP contribution < -0.4 is 4.72 Å². The van der Waals surface area contributed by atoms with E-state index in [1.807, 2.05) is 0 Å². The highest BCUT2D eigenvalue weighted by Crippen LogP contribution is 2.26. The number of hydrogen-bond donors (Lipinski definition) is 1. The van der Waals surface area contributed by atoms with Crippen molar-refractivity contribution in [2.24, 2.45) is 0 Å². The summed E-state index contributed by atoms with van der Waals surface area (Å²) in [5.74, 6) is -1.88. The van der Waals surface area contributed by atoms with Gasteiger partial charge in [0.2, 0.25) is 0 Å². The summed E-state index contributed by atoms with van der Waals surface area (Å²) in [6.45, 7) is 0.990. The van der Waals surface area contributed by atoms with Gasteiger partial charge in [0.05, 0.1) is 38.7 Å². The molecule has 12 heteroatoms. The molecule has 36 heavy (non-hydrogen) atoms. The summed E-state index contributed by atoms with van der Waals surface area (Å²) in [5.41, 5.74) is 0.242. The molecule has 0 fully saturated rings. The van der Waals surface area contributed by atoms with Gasteiger partial charge in [-0.25, -0.2) is 13.2 Å². The molecule has 1 aliphatic rings. The van der Waals surface area contributed by atoms with E-state index >= 15 is 0 Å². The van der Waals surface area contributed by atoms with Crippen LogP contribution in [0.4, 0.5) is 11.4 Å². The van der Waals surface area contributed by atoms with Crippen LogP contribution in [-0.2, 0) is 14.8 Å². The molecule has 3 aromatic carbocycles. The highest BCUT2D eigenvalue weighted by molar-refractivity contribution is 7.92. The molecule has 184 valence electrons. The average Bonchev–Trinajstić information content (AvgIpc) is 3.09. The quantitative estimate of drug-likeness (QED) is 0.210. The molecule has 4 rings (SSSR count). The smallest absolute Gasteiger partial charge is 0.340 e. The number of nitrogens with one attached hydrogen (secondary N) is 1. The summed E-state index contributed by atoms with van der Waals surface area (Å²) in [6, 6.07) is 15.5. The number of benzene rings is 3. The summed E-state index contributed by atoms with van der Waals surface area (Å²) in [7, 11) is -4.28. The SMILES string of the molecule is Cc1ccc(S(=O)(=O)Nc2ccccc2C(=O)OCCN2C(=O)c3ccccc3C2=O)cc1[N+](=O)[O-].